The van der Waals surface area contributed by atoms with Crippen molar-refractivity contribution in [2.24, 2.45) is 23.7 Å². The predicted octanol–water partition coefficient (Wildman–Crippen LogP) is 7.46. The van der Waals surface area contributed by atoms with Crippen LogP contribution in [-0.4, -0.2) is 12.6 Å². The summed E-state index contributed by atoms with van der Waals surface area (Å²) in [5.74, 6) is -1.06. The Kier molecular flexibility index (Phi) is 9.15. The molecule has 0 spiro atoms. The lowest BCUT2D eigenvalue weighted by Crippen LogP contribution is -2.30. The van der Waals surface area contributed by atoms with Gasteiger partial charge in [-0.25, -0.2) is 0 Å². The van der Waals surface area contributed by atoms with Gasteiger partial charge in [-0.1, -0.05) is 45.4 Å². The van der Waals surface area contributed by atoms with Gasteiger partial charge in [0, 0.05) is 0 Å². The molecule has 0 aromatic heterocycles. The summed E-state index contributed by atoms with van der Waals surface area (Å²) in [6, 6.07) is 2.58. The Bertz CT molecular complexity index is 705. The van der Waals surface area contributed by atoms with Gasteiger partial charge in [0.2, 0.25) is 11.6 Å². The van der Waals surface area contributed by atoms with Crippen molar-refractivity contribution in [1.82, 2.24) is 0 Å². The van der Waals surface area contributed by atoms with Gasteiger partial charge in [-0.3, -0.25) is 4.79 Å². The molecule has 2 aliphatic rings. The first-order valence-corrected chi connectivity index (χ1v) is 12.4. The van der Waals surface area contributed by atoms with E-state index in [2.05, 4.69) is 6.92 Å². The first-order chi connectivity index (χ1) is 15.0. The zero-order valence-electron chi connectivity index (χ0n) is 19.1. The van der Waals surface area contributed by atoms with Crippen LogP contribution in [0.4, 0.5) is 8.78 Å². The average molecular weight is 437 g/mol. The van der Waals surface area contributed by atoms with Crippen LogP contribution in [0.1, 0.15) is 90.9 Å². The van der Waals surface area contributed by atoms with Crippen molar-refractivity contribution in [3.05, 3.63) is 23.8 Å². The Morgan fingerprint density at radius 3 is 2.06 bits per heavy atom. The fourth-order valence-electron chi connectivity index (χ4n) is 5.51. The van der Waals surface area contributed by atoms with E-state index in [1.165, 1.54) is 63.5 Å². The minimum atomic E-state index is -1.16. The molecule has 2 saturated carbocycles. The van der Waals surface area contributed by atoms with Gasteiger partial charge in [0.05, 0.1) is 12.5 Å². The summed E-state index contributed by atoms with van der Waals surface area (Å²) >= 11 is 0. The number of ether oxygens (including phenoxy) is 2. The second-order valence-corrected chi connectivity index (χ2v) is 9.43. The lowest BCUT2D eigenvalue weighted by atomic mass is 9.68. The van der Waals surface area contributed by atoms with Gasteiger partial charge < -0.3 is 9.47 Å². The summed E-state index contributed by atoms with van der Waals surface area (Å²) in [6.45, 7) is 4.19. The van der Waals surface area contributed by atoms with E-state index in [1.807, 2.05) is 0 Å². The van der Waals surface area contributed by atoms with Crippen LogP contribution in [0, 0.1) is 35.3 Å². The Morgan fingerprint density at radius 1 is 0.871 bits per heavy atom. The molecule has 1 aromatic carbocycles. The second-order valence-electron chi connectivity index (χ2n) is 9.43. The first kappa shape index (κ1) is 24.0. The molecule has 2 aliphatic carbocycles. The zero-order valence-corrected chi connectivity index (χ0v) is 19.1. The molecule has 1 aromatic rings. The van der Waals surface area contributed by atoms with Crippen molar-refractivity contribution in [3.63, 3.8) is 0 Å². The van der Waals surface area contributed by atoms with Crippen LogP contribution in [0.2, 0.25) is 0 Å². The number of hydrogen-bond acceptors (Lipinski definition) is 3. The fraction of sp³-hybridized carbons (Fsp3) is 0.731. The summed E-state index contributed by atoms with van der Waals surface area (Å²) in [7, 11) is 0. The highest BCUT2D eigenvalue weighted by Crippen LogP contribution is 2.42. The third-order valence-electron chi connectivity index (χ3n) is 7.40. The Hall–Kier alpha value is -1.65. The van der Waals surface area contributed by atoms with E-state index in [1.54, 1.807) is 6.92 Å². The molecule has 5 heteroatoms. The van der Waals surface area contributed by atoms with Crippen LogP contribution in [-0.2, 0) is 4.79 Å². The standard InChI is InChI=1S/C26H38F2O3/c1-3-5-6-7-18-8-10-19(11-9-18)20-12-14-21(15-13-20)26(29)31-23-17-16-22(30-4-2)24(27)25(23)28/h16-21H,3-15H2,1-2H3/t18-,19-,20-,21-. The minimum Gasteiger partial charge on any atom is -0.491 e. The van der Waals surface area contributed by atoms with Crippen LogP contribution in [0.15, 0.2) is 12.1 Å². The van der Waals surface area contributed by atoms with Crippen LogP contribution < -0.4 is 9.47 Å². The highest BCUT2D eigenvalue weighted by Gasteiger charge is 2.34. The van der Waals surface area contributed by atoms with Gasteiger partial charge >= 0.3 is 5.97 Å². The molecule has 0 bridgehead atoms. The molecular weight excluding hydrogens is 398 g/mol. The average Bonchev–Trinajstić information content (AvgIpc) is 2.79. The molecule has 0 heterocycles. The fourth-order valence-corrected chi connectivity index (χ4v) is 5.51. The van der Waals surface area contributed by atoms with Gasteiger partial charge in [-0.05, 0) is 75.3 Å². The minimum absolute atomic E-state index is 0.166. The number of carbonyl (C=O) groups is 1. The lowest BCUT2D eigenvalue weighted by Gasteiger charge is -2.37. The van der Waals surface area contributed by atoms with Gasteiger partial charge in [-0.15, -0.1) is 0 Å². The third-order valence-corrected chi connectivity index (χ3v) is 7.40. The molecule has 3 rings (SSSR count). The summed E-state index contributed by atoms with van der Waals surface area (Å²) in [4.78, 5) is 12.6. The van der Waals surface area contributed by atoms with E-state index in [9.17, 15) is 13.6 Å². The molecule has 0 unspecified atom stereocenters. The summed E-state index contributed by atoms with van der Waals surface area (Å²) in [5.41, 5.74) is 0. The van der Waals surface area contributed by atoms with E-state index in [0.29, 0.717) is 5.92 Å². The molecule has 0 N–H and O–H groups in total. The third kappa shape index (κ3) is 6.43. The smallest absolute Gasteiger partial charge is 0.314 e. The molecule has 174 valence electrons. The number of rotatable bonds is 9. The van der Waals surface area contributed by atoms with Gasteiger partial charge in [0.15, 0.2) is 11.5 Å². The van der Waals surface area contributed by atoms with E-state index in [0.717, 1.165) is 37.5 Å². The van der Waals surface area contributed by atoms with Crippen molar-refractivity contribution in [3.8, 4) is 11.5 Å². The van der Waals surface area contributed by atoms with Crippen molar-refractivity contribution in [2.45, 2.75) is 90.9 Å². The van der Waals surface area contributed by atoms with Crippen molar-refractivity contribution in [1.29, 1.82) is 0 Å². The van der Waals surface area contributed by atoms with Gasteiger partial charge in [-0.2, -0.15) is 8.78 Å². The zero-order chi connectivity index (χ0) is 22.2. The highest BCUT2D eigenvalue weighted by molar-refractivity contribution is 5.75. The number of unbranched alkanes of at least 4 members (excludes halogenated alkanes) is 2. The van der Waals surface area contributed by atoms with Crippen LogP contribution in [0.5, 0.6) is 11.5 Å². The molecule has 0 amide bonds. The van der Waals surface area contributed by atoms with Crippen LogP contribution in [0.25, 0.3) is 0 Å². The number of halogens is 2. The number of esters is 1. The Morgan fingerprint density at radius 2 is 1.45 bits per heavy atom. The predicted molar refractivity (Wildman–Crippen MR) is 118 cm³/mol. The van der Waals surface area contributed by atoms with Crippen LogP contribution in [0.3, 0.4) is 0 Å². The molecule has 0 atom stereocenters. The van der Waals surface area contributed by atoms with E-state index in [4.69, 9.17) is 9.47 Å². The topological polar surface area (TPSA) is 35.5 Å². The van der Waals surface area contributed by atoms with Crippen molar-refractivity contribution >= 4 is 5.97 Å². The lowest BCUT2D eigenvalue weighted by molar-refractivity contribution is -0.140. The number of carbonyl (C=O) groups excluding carboxylic acids is 1. The van der Waals surface area contributed by atoms with Gasteiger partial charge in [0.25, 0.3) is 0 Å². The van der Waals surface area contributed by atoms with Gasteiger partial charge in [0.1, 0.15) is 0 Å². The van der Waals surface area contributed by atoms with Crippen LogP contribution >= 0.6 is 0 Å². The monoisotopic (exact) mass is 436 g/mol. The number of benzene rings is 1. The maximum atomic E-state index is 14.2. The van der Waals surface area contributed by atoms with Crippen molar-refractivity contribution < 1.29 is 23.0 Å². The highest BCUT2D eigenvalue weighted by atomic mass is 19.2. The normalized spacial score (nSPS) is 26.5. The molecular formula is C26H38F2O3. The SMILES string of the molecule is CCCCC[C@H]1CC[C@H]([C@H]2CC[C@H](C(=O)Oc3ccc(OCC)c(F)c3F)CC2)CC1. The Balaban J connectivity index is 1.44. The maximum absolute atomic E-state index is 14.2. The summed E-state index contributed by atoms with van der Waals surface area (Å²) < 4.78 is 38.5. The van der Waals surface area contributed by atoms with E-state index >= 15 is 0 Å². The second kappa shape index (κ2) is 11.8. The molecule has 0 aliphatic heterocycles. The molecule has 3 nitrogen and oxygen atoms in total. The van der Waals surface area contributed by atoms with E-state index < -0.39 is 17.6 Å². The quantitative estimate of drug-likeness (QED) is 0.229. The summed E-state index contributed by atoms with van der Waals surface area (Å²) in [5, 5.41) is 0. The van der Waals surface area contributed by atoms with Crippen molar-refractivity contribution in [2.75, 3.05) is 6.61 Å². The first-order valence-electron chi connectivity index (χ1n) is 12.4. The Labute approximate surface area is 185 Å². The summed E-state index contributed by atoms with van der Waals surface area (Å²) in [6.07, 6.45) is 14.4. The number of hydrogen-bond donors (Lipinski definition) is 0. The molecule has 2 fully saturated rings. The maximum Gasteiger partial charge on any atom is 0.314 e. The molecule has 0 saturated heterocycles. The largest absolute Gasteiger partial charge is 0.491 e. The molecule has 31 heavy (non-hydrogen) atoms. The molecule has 0 radical (unpaired) electrons. The van der Waals surface area contributed by atoms with E-state index in [-0.39, 0.29) is 24.0 Å².